The molecule has 0 unspecified atom stereocenters. The smallest absolute Gasteiger partial charge is 0.253 e. The minimum absolute atomic E-state index is 0.0378. The highest BCUT2D eigenvalue weighted by molar-refractivity contribution is 5.94. The molecule has 0 atom stereocenters. The van der Waals surface area contributed by atoms with Gasteiger partial charge in [-0.15, -0.1) is 0 Å². The molecule has 0 radical (unpaired) electrons. The number of carbonyl (C=O) groups excluding carboxylic acids is 2. The summed E-state index contributed by atoms with van der Waals surface area (Å²) in [6, 6.07) is 7.07. The van der Waals surface area contributed by atoms with E-state index in [4.69, 9.17) is 14.2 Å². The van der Waals surface area contributed by atoms with Gasteiger partial charge in [-0.3, -0.25) is 14.6 Å². The van der Waals surface area contributed by atoms with Gasteiger partial charge in [-0.1, -0.05) is 0 Å². The molecule has 2 amide bonds. The quantitative estimate of drug-likeness (QED) is 0.686. The second-order valence-corrected chi connectivity index (χ2v) is 7.11. The SMILES string of the molecule is COc1cc(/C=C/C(=O)N2CCC(NC(=O)c3cccnc3)CC2)cc(OC)c1OC. The second-order valence-electron chi connectivity index (χ2n) is 7.11. The van der Waals surface area contributed by atoms with Crippen molar-refractivity contribution in [3.05, 3.63) is 53.9 Å². The van der Waals surface area contributed by atoms with Crippen LogP contribution in [0.2, 0.25) is 0 Å². The Morgan fingerprint density at radius 1 is 1.10 bits per heavy atom. The summed E-state index contributed by atoms with van der Waals surface area (Å²) in [4.78, 5) is 30.6. The van der Waals surface area contributed by atoms with Crippen molar-refractivity contribution in [2.45, 2.75) is 18.9 Å². The van der Waals surface area contributed by atoms with E-state index >= 15 is 0 Å². The van der Waals surface area contributed by atoms with Gasteiger partial charge in [0.15, 0.2) is 11.5 Å². The summed E-state index contributed by atoms with van der Waals surface area (Å²) in [6.07, 6.45) is 7.85. The maximum absolute atomic E-state index is 12.6. The zero-order chi connectivity index (χ0) is 22.2. The summed E-state index contributed by atoms with van der Waals surface area (Å²) in [6.45, 7) is 1.16. The van der Waals surface area contributed by atoms with E-state index in [2.05, 4.69) is 10.3 Å². The van der Waals surface area contributed by atoms with Crippen LogP contribution in [-0.4, -0.2) is 62.2 Å². The summed E-state index contributed by atoms with van der Waals surface area (Å²) >= 11 is 0. The van der Waals surface area contributed by atoms with Crippen molar-refractivity contribution >= 4 is 17.9 Å². The molecule has 0 aliphatic carbocycles. The summed E-state index contributed by atoms with van der Waals surface area (Å²) in [5, 5.41) is 3.01. The number of ether oxygens (including phenoxy) is 3. The monoisotopic (exact) mass is 425 g/mol. The minimum atomic E-state index is -0.139. The molecule has 1 aliphatic heterocycles. The van der Waals surface area contributed by atoms with Gasteiger partial charge in [0.2, 0.25) is 11.7 Å². The molecule has 1 saturated heterocycles. The Bertz CT molecular complexity index is 912. The topological polar surface area (TPSA) is 90.0 Å². The third kappa shape index (κ3) is 5.53. The van der Waals surface area contributed by atoms with E-state index in [1.165, 1.54) is 6.08 Å². The summed E-state index contributed by atoms with van der Waals surface area (Å²) in [5.74, 6) is 1.34. The van der Waals surface area contributed by atoms with Crippen LogP contribution in [0.15, 0.2) is 42.7 Å². The highest BCUT2D eigenvalue weighted by Crippen LogP contribution is 2.38. The molecule has 2 aromatic rings. The van der Waals surface area contributed by atoms with Crippen molar-refractivity contribution in [2.75, 3.05) is 34.4 Å². The lowest BCUT2D eigenvalue weighted by Gasteiger charge is -2.31. The van der Waals surface area contributed by atoms with Crippen molar-refractivity contribution in [1.29, 1.82) is 0 Å². The van der Waals surface area contributed by atoms with Crippen molar-refractivity contribution in [3.8, 4) is 17.2 Å². The summed E-state index contributed by atoms with van der Waals surface area (Å²) in [5.41, 5.74) is 1.30. The molecule has 1 N–H and O–H groups in total. The maximum Gasteiger partial charge on any atom is 0.253 e. The van der Waals surface area contributed by atoms with E-state index in [1.54, 1.807) is 69.0 Å². The fourth-order valence-electron chi connectivity index (χ4n) is 3.48. The maximum atomic E-state index is 12.6. The first kappa shape index (κ1) is 22.1. The lowest BCUT2D eigenvalue weighted by atomic mass is 10.0. The molecule has 8 heteroatoms. The molecule has 1 aromatic heterocycles. The van der Waals surface area contributed by atoms with Crippen LogP contribution in [0, 0.1) is 0 Å². The highest BCUT2D eigenvalue weighted by atomic mass is 16.5. The average molecular weight is 425 g/mol. The van der Waals surface area contributed by atoms with Gasteiger partial charge < -0.3 is 24.4 Å². The molecule has 31 heavy (non-hydrogen) atoms. The second kappa shape index (κ2) is 10.5. The highest BCUT2D eigenvalue weighted by Gasteiger charge is 2.23. The molecule has 164 valence electrons. The first-order chi connectivity index (χ1) is 15.0. The lowest BCUT2D eigenvalue weighted by molar-refractivity contribution is -0.126. The number of likely N-dealkylation sites (tertiary alicyclic amines) is 1. The number of amides is 2. The van der Waals surface area contributed by atoms with Gasteiger partial charge in [-0.2, -0.15) is 0 Å². The van der Waals surface area contributed by atoms with Gasteiger partial charge in [0.05, 0.1) is 26.9 Å². The fourth-order valence-corrected chi connectivity index (χ4v) is 3.48. The predicted molar refractivity (Wildman–Crippen MR) is 116 cm³/mol. The number of hydrogen-bond donors (Lipinski definition) is 1. The van der Waals surface area contributed by atoms with Gasteiger partial charge in [-0.25, -0.2) is 0 Å². The van der Waals surface area contributed by atoms with Crippen LogP contribution >= 0.6 is 0 Å². The Kier molecular flexibility index (Phi) is 7.48. The number of aromatic nitrogens is 1. The Morgan fingerprint density at radius 3 is 2.32 bits per heavy atom. The molecule has 1 aromatic carbocycles. The molecule has 8 nitrogen and oxygen atoms in total. The van der Waals surface area contributed by atoms with Crippen molar-refractivity contribution < 1.29 is 23.8 Å². The fraction of sp³-hybridized carbons (Fsp3) is 0.348. The predicted octanol–water partition coefficient (Wildman–Crippen LogP) is 2.54. The van der Waals surface area contributed by atoms with Gasteiger partial charge in [0.25, 0.3) is 5.91 Å². The van der Waals surface area contributed by atoms with E-state index in [1.807, 2.05) is 0 Å². The van der Waals surface area contributed by atoms with Crippen molar-refractivity contribution in [2.24, 2.45) is 0 Å². The zero-order valence-electron chi connectivity index (χ0n) is 18.0. The zero-order valence-corrected chi connectivity index (χ0v) is 18.0. The molecular formula is C23H27N3O5. The molecule has 1 fully saturated rings. The van der Waals surface area contributed by atoms with Crippen LogP contribution in [-0.2, 0) is 4.79 Å². The Morgan fingerprint density at radius 2 is 1.77 bits per heavy atom. The first-order valence-corrected chi connectivity index (χ1v) is 10.0. The average Bonchev–Trinajstić information content (AvgIpc) is 2.82. The number of nitrogens with one attached hydrogen (secondary N) is 1. The van der Waals surface area contributed by atoms with Gasteiger partial charge in [0, 0.05) is 37.6 Å². The molecule has 2 heterocycles. The number of hydrogen-bond acceptors (Lipinski definition) is 6. The van der Waals surface area contributed by atoms with Gasteiger partial charge in [0.1, 0.15) is 0 Å². The summed E-state index contributed by atoms with van der Waals surface area (Å²) < 4.78 is 16.0. The van der Waals surface area contributed by atoms with E-state index in [0.29, 0.717) is 48.7 Å². The number of piperidine rings is 1. The minimum Gasteiger partial charge on any atom is -0.493 e. The number of carbonyl (C=O) groups is 2. The van der Waals surface area contributed by atoms with E-state index in [0.717, 1.165) is 5.56 Å². The van der Waals surface area contributed by atoms with Crippen LogP contribution in [0.25, 0.3) is 6.08 Å². The molecular weight excluding hydrogens is 398 g/mol. The molecule has 0 spiro atoms. The number of nitrogens with zero attached hydrogens (tertiary/aromatic N) is 2. The number of methoxy groups -OCH3 is 3. The largest absolute Gasteiger partial charge is 0.493 e. The van der Waals surface area contributed by atoms with Crippen LogP contribution in [0.4, 0.5) is 0 Å². The first-order valence-electron chi connectivity index (χ1n) is 10.0. The molecule has 0 bridgehead atoms. The third-order valence-electron chi connectivity index (χ3n) is 5.17. The molecule has 0 saturated carbocycles. The van der Waals surface area contributed by atoms with Crippen LogP contribution in [0.1, 0.15) is 28.8 Å². The summed E-state index contributed by atoms with van der Waals surface area (Å²) in [7, 11) is 4.64. The van der Waals surface area contributed by atoms with E-state index in [9.17, 15) is 9.59 Å². The molecule has 3 rings (SSSR count). The van der Waals surface area contributed by atoms with Crippen LogP contribution < -0.4 is 19.5 Å². The third-order valence-corrected chi connectivity index (χ3v) is 5.17. The number of rotatable bonds is 7. The van der Waals surface area contributed by atoms with Crippen LogP contribution in [0.5, 0.6) is 17.2 Å². The van der Waals surface area contributed by atoms with Crippen molar-refractivity contribution in [3.63, 3.8) is 0 Å². The van der Waals surface area contributed by atoms with Gasteiger partial charge >= 0.3 is 0 Å². The number of pyridine rings is 1. The lowest BCUT2D eigenvalue weighted by Crippen LogP contribution is -2.46. The normalized spacial score (nSPS) is 14.4. The standard InChI is InChI=1S/C23H27N3O5/c1-29-19-13-16(14-20(30-2)22(19)31-3)6-7-21(27)26-11-8-18(9-12-26)25-23(28)17-5-4-10-24-15-17/h4-7,10,13-15,18H,8-9,11-12H2,1-3H3,(H,25,28)/b7-6+. The Labute approximate surface area is 181 Å². The van der Waals surface area contributed by atoms with E-state index < -0.39 is 0 Å². The Balaban J connectivity index is 1.56. The Hall–Kier alpha value is -3.55. The molecule has 1 aliphatic rings. The van der Waals surface area contributed by atoms with Crippen LogP contribution in [0.3, 0.4) is 0 Å². The van der Waals surface area contributed by atoms with Gasteiger partial charge in [-0.05, 0) is 48.7 Å². The number of benzene rings is 1. The van der Waals surface area contributed by atoms with Crippen molar-refractivity contribution in [1.82, 2.24) is 15.2 Å². The van der Waals surface area contributed by atoms with E-state index in [-0.39, 0.29) is 17.9 Å².